The van der Waals surface area contributed by atoms with E-state index in [9.17, 15) is 0 Å². The van der Waals surface area contributed by atoms with Gasteiger partial charge in [-0.3, -0.25) is 4.68 Å². The minimum Gasteiger partial charge on any atom is -0.272 e. The second kappa shape index (κ2) is 5.32. The van der Waals surface area contributed by atoms with Gasteiger partial charge >= 0.3 is 0 Å². The van der Waals surface area contributed by atoms with E-state index in [1.54, 1.807) is 6.20 Å². The third-order valence-corrected chi connectivity index (χ3v) is 2.75. The van der Waals surface area contributed by atoms with Crippen molar-refractivity contribution in [3.8, 4) is 6.07 Å². The third-order valence-electron chi connectivity index (χ3n) is 2.34. The van der Waals surface area contributed by atoms with E-state index < -0.39 is 0 Å². The van der Waals surface area contributed by atoms with Crippen LogP contribution in [0.25, 0.3) is 0 Å². The van der Waals surface area contributed by atoms with Gasteiger partial charge in [0.2, 0.25) is 0 Å². The molecule has 0 fully saturated rings. The van der Waals surface area contributed by atoms with Gasteiger partial charge in [0.05, 0.1) is 22.2 Å². The number of nitriles is 1. The molecular weight excluding hydrogens is 254 g/mol. The molecule has 0 saturated heterocycles. The molecule has 1 rings (SSSR count). The molecule has 3 nitrogen and oxygen atoms in total. The zero-order valence-corrected chi connectivity index (χ0v) is 10.8. The summed E-state index contributed by atoms with van der Waals surface area (Å²) >= 11 is 3.36. The smallest absolute Gasteiger partial charge is 0.0683 e. The maximum atomic E-state index is 8.84. The molecule has 0 bridgehead atoms. The highest BCUT2D eigenvalue weighted by atomic mass is 79.9. The minimum atomic E-state index is -0.190. The van der Waals surface area contributed by atoms with Crippen LogP contribution in [0.4, 0.5) is 0 Å². The van der Waals surface area contributed by atoms with Crippen LogP contribution in [0.2, 0.25) is 0 Å². The second-order valence-electron chi connectivity index (χ2n) is 4.37. The van der Waals surface area contributed by atoms with Crippen LogP contribution in [0.15, 0.2) is 16.9 Å². The first-order chi connectivity index (χ1) is 7.03. The Morgan fingerprint density at radius 1 is 1.53 bits per heavy atom. The van der Waals surface area contributed by atoms with E-state index in [0.717, 1.165) is 30.3 Å². The fourth-order valence-corrected chi connectivity index (χ4v) is 1.69. The lowest BCUT2D eigenvalue weighted by Crippen LogP contribution is -2.08. The first-order valence-corrected chi connectivity index (χ1v) is 5.92. The fraction of sp³-hybridized carbons (Fsp3) is 0.636. The molecule has 15 heavy (non-hydrogen) atoms. The van der Waals surface area contributed by atoms with E-state index in [4.69, 9.17) is 5.26 Å². The maximum Gasteiger partial charge on any atom is 0.0683 e. The largest absolute Gasteiger partial charge is 0.272 e. The lowest BCUT2D eigenvalue weighted by Gasteiger charge is -2.14. The maximum absolute atomic E-state index is 8.84. The highest BCUT2D eigenvalue weighted by Gasteiger charge is 2.15. The molecule has 0 aliphatic rings. The van der Waals surface area contributed by atoms with Crippen molar-refractivity contribution in [3.05, 3.63) is 16.9 Å². The summed E-state index contributed by atoms with van der Waals surface area (Å²) in [5, 5.41) is 13.0. The molecule has 82 valence electrons. The molecule has 0 unspecified atom stereocenters. The summed E-state index contributed by atoms with van der Waals surface area (Å²) in [4.78, 5) is 0. The van der Waals surface area contributed by atoms with E-state index >= 15 is 0 Å². The van der Waals surface area contributed by atoms with Crippen molar-refractivity contribution in [3.63, 3.8) is 0 Å². The molecule has 0 N–H and O–H groups in total. The molecule has 0 aliphatic heterocycles. The van der Waals surface area contributed by atoms with Gasteiger partial charge in [0, 0.05) is 12.7 Å². The number of aromatic nitrogens is 2. The van der Waals surface area contributed by atoms with Crippen molar-refractivity contribution in [2.75, 3.05) is 0 Å². The van der Waals surface area contributed by atoms with Crippen LogP contribution < -0.4 is 0 Å². The topological polar surface area (TPSA) is 41.6 Å². The van der Waals surface area contributed by atoms with Crippen molar-refractivity contribution < 1.29 is 0 Å². The SMILES string of the molecule is CC(C)(C#N)CCCCn1cc(Br)cn1. The number of aryl methyl sites for hydroxylation is 1. The van der Waals surface area contributed by atoms with Gasteiger partial charge in [0.1, 0.15) is 0 Å². The predicted octanol–water partition coefficient (Wildman–Crippen LogP) is 3.37. The lowest BCUT2D eigenvalue weighted by atomic mass is 9.89. The van der Waals surface area contributed by atoms with Crippen molar-refractivity contribution in [2.45, 2.75) is 39.7 Å². The van der Waals surface area contributed by atoms with E-state index in [1.807, 2.05) is 24.7 Å². The van der Waals surface area contributed by atoms with Crippen molar-refractivity contribution in [1.82, 2.24) is 9.78 Å². The number of hydrogen-bond acceptors (Lipinski definition) is 2. The zero-order valence-electron chi connectivity index (χ0n) is 9.20. The van der Waals surface area contributed by atoms with Gasteiger partial charge in [-0.15, -0.1) is 0 Å². The van der Waals surface area contributed by atoms with Crippen molar-refractivity contribution in [2.24, 2.45) is 5.41 Å². The summed E-state index contributed by atoms with van der Waals surface area (Å²) in [5.41, 5.74) is -0.190. The number of hydrogen-bond donors (Lipinski definition) is 0. The Balaban J connectivity index is 2.21. The van der Waals surface area contributed by atoms with Crippen LogP contribution in [0.5, 0.6) is 0 Å². The van der Waals surface area contributed by atoms with E-state index in [2.05, 4.69) is 27.1 Å². The molecule has 1 aromatic rings. The molecule has 0 atom stereocenters. The van der Waals surface area contributed by atoms with Crippen LogP contribution >= 0.6 is 15.9 Å². The molecular formula is C11H16BrN3. The average molecular weight is 270 g/mol. The van der Waals surface area contributed by atoms with Crippen LogP contribution in [-0.4, -0.2) is 9.78 Å². The molecule has 0 amide bonds. The number of rotatable bonds is 5. The predicted molar refractivity (Wildman–Crippen MR) is 63.2 cm³/mol. The highest BCUT2D eigenvalue weighted by Crippen LogP contribution is 2.21. The average Bonchev–Trinajstić information content (AvgIpc) is 2.59. The molecule has 1 heterocycles. The summed E-state index contributed by atoms with van der Waals surface area (Å²) in [7, 11) is 0. The van der Waals surface area contributed by atoms with Gasteiger partial charge in [-0.2, -0.15) is 10.4 Å². The molecule has 0 aromatic carbocycles. The van der Waals surface area contributed by atoms with Gasteiger partial charge in [0.25, 0.3) is 0 Å². The summed E-state index contributed by atoms with van der Waals surface area (Å²) in [6.45, 7) is 4.89. The summed E-state index contributed by atoms with van der Waals surface area (Å²) < 4.78 is 2.93. The monoisotopic (exact) mass is 269 g/mol. The second-order valence-corrected chi connectivity index (χ2v) is 5.29. The van der Waals surface area contributed by atoms with Crippen LogP contribution in [-0.2, 0) is 6.54 Å². The summed E-state index contributed by atoms with van der Waals surface area (Å²) in [6, 6.07) is 2.31. The normalized spacial score (nSPS) is 11.3. The Bertz CT molecular complexity index is 349. The Morgan fingerprint density at radius 3 is 2.80 bits per heavy atom. The van der Waals surface area contributed by atoms with Crippen LogP contribution in [0.3, 0.4) is 0 Å². The van der Waals surface area contributed by atoms with Crippen molar-refractivity contribution in [1.29, 1.82) is 5.26 Å². The molecule has 0 aliphatic carbocycles. The molecule has 0 spiro atoms. The van der Waals surface area contributed by atoms with Crippen LogP contribution in [0.1, 0.15) is 33.1 Å². The number of nitrogens with zero attached hydrogens (tertiary/aromatic N) is 3. The Hall–Kier alpha value is -0.820. The molecule has 0 saturated carbocycles. The fourth-order valence-electron chi connectivity index (χ4n) is 1.36. The van der Waals surface area contributed by atoms with E-state index in [-0.39, 0.29) is 5.41 Å². The number of unbranched alkanes of at least 4 members (excludes halogenated alkanes) is 1. The summed E-state index contributed by atoms with van der Waals surface area (Å²) in [5.74, 6) is 0. The molecule has 1 aromatic heterocycles. The third kappa shape index (κ3) is 4.48. The van der Waals surface area contributed by atoms with E-state index in [1.165, 1.54) is 0 Å². The van der Waals surface area contributed by atoms with Crippen molar-refractivity contribution >= 4 is 15.9 Å². The van der Waals surface area contributed by atoms with Crippen LogP contribution in [0, 0.1) is 16.7 Å². The number of halogens is 1. The van der Waals surface area contributed by atoms with Gasteiger partial charge in [-0.1, -0.05) is 6.42 Å². The lowest BCUT2D eigenvalue weighted by molar-refractivity contribution is 0.412. The Labute approximate surface area is 99.2 Å². The quantitative estimate of drug-likeness (QED) is 0.770. The van der Waals surface area contributed by atoms with Gasteiger partial charge in [0.15, 0.2) is 0 Å². The first-order valence-electron chi connectivity index (χ1n) is 5.13. The Morgan fingerprint density at radius 2 is 2.27 bits per heavy atom. The Kier molecular flexibility index (Phi) is 4.34. The first kappa shape index (κ1) is 12.3. The minimum absolute atomic E-state index is 0.190. The van der Waals surface area contributed by atoms with Gasteiger partial charge < -0.3 is 0 Å². The van der Waals surface area contributed by atoms with Gasteiger partial charge in [-0.05, 0) is 42.6 Å². The summed E-state index contributed by atoms with van der Waals surface area (Å²) in [6.07, 6.45) is 6.85. The van der Waals surface area contributed by atoms with E-state index in [0.29, 0.717) is 0 Å². The zero-order chi connectivity index (χ0) is 11.3. The standard InChI is InChI=1S/C11H16BrN3/c1-11(2,9-13)5-3-4-6-15-8-10(12)7-14-15/h7-8H,3-6H2,1-2H3. The highest BCUT2D eigenvalue weighted by molar-refractivity contribution is 9.10. The van der Waals surface area contributed by atoms with Gasteiger partial charge in [-0.25, -0.2) is 0 Å². The molecule has 4 heteroatoms. The molecule has 0 radical (unpaired) electrons.